The van der Waals surface area contributed by atoms with Crippen LogP contribution in [0.4, 0.5) is 0 Å². The summed E-state index contributed by atoms with van der Waals surface area (Å²) in [6, 6.07) is 4.98. The highest BCUT2D eigenvalue weighted by Gasteiger charge is 2.38. The van der Waals surface area contributed by atoms with Gasteiger partial charge in [0.05, 0.1) is 5.41 Å². The molecule has 1 aliphatic heterocycles. The van der Waals surface area contributed by atoms with Crippen LogP contribution in [0.1, 0.15) is 18.9 Å². The Morgan fingerprint density at radius 1 is 1.61 bits per heavy atom. The fraction of sp³-hybridized carbons (Fsp3) is 0.462. The summed E-state index contributed by atoms with van der Waals surface area (Å²) < 4.78 is 0. The smallest absolute Gasteiger partial charge is 0.224 e. The number of hydrogen-bond acceptors (Lipinski definition) is 3. The van der Waals surface area contributed by atoms with Gasteiger partial charge in [-0.05, 0) is 38.1 Å². The first kappa shape index (κ1) is 13.2. The van der Waals surface area contributed by atoms with E-state index in [-0.39, 0.29) is 11.7 Å². The molecule has 1 fully saturated rings. The fourth-order valence-electron chi connectivity index (χ4n) is 2.31. The van der Waals surface area contributed by atoms with Gasteiger partial charge in [0.2, 0.25) is 5.91 Å². The van der Waals surface area contributed by atoms with Gasteiger partial charge in [0.1, 0.15) is 5.75 Å². The molecular formula is C13H17ClN2O2. The molecule has 0 saturated carbocycles. The van der Waals surface area contributed by atoms with Gasteiger partial charge in [-0.2, -0.15) is 0 Å². The summed E-state index contributed by atoms with van der Waals surface area (Å²) in [6.45, 7) is 3.88. The van der Waals surface area contributed by atoms with E-state index in [4.69, 9.17) is 17.3 Å². The number of hydrogen-bond donors (Lipinski definition) is 2. The van der Waals surface area contributed by atoms with Crippen molar-refractivity contribution in [2.24, 2.45) is 11.1 Å². The number of benzene rings is 1. The Bertz CT molecular complexity index is 478. The van der Waals surface area contributed by atoms with Crippen LogP contribution in [0.2, 0.25) is 5.02 Å². The molecule has 0 spiro atoms. The van der Waals surface area contributed by atoms with Crippen molar-refractivity contribution in [2.45, 2.75) is 19.9 Å². The number of rotatable bonds is 3. The van der Waals surface area contributed by atoms with Crippen molar-refractivity contribution >= 4 is 17.5 Å². The van der Waals surface area contributed by atoms with Gasteiger partial charge in [0.15, 0.2) is 0 Å². The van der Waals surface area contributed by atoms with Crippen molar-refractivity contribution in [3.05, 3.63) is 28.8 Å². The molecule has 1 aromatic rings. The minimum absolute atomic E-state index is 0.229. The second-order valence-corrected chi connectivity index (χ2v) is 5.60. The van der Waals surface area contributed by atoms with Crippen LogP contribution in [0.15, 0.2) is 18.2 Å². The predicted molar refractivity (Wildman–Crippen MR) is 70.3 cm³/mol. The number of amides is 1. The Hall–Kier alpha value is -1.26. The molecule has 4 nitrogen and oxygen atoms in total. The first-order valence-corrected chi connectivity index (χ1v) is 6.28. The van der Waals surface area contributed by atoms with Gasteiger partial charge >= 0.3 is 0 Å². The highest BCUT2D eigenvalue weighted by molar-refractivity contribution is 6.30. The largest absolute Gasteiger partial charge is 0.508 e. The minimum atomic E-state index is -0.464. The molecule has 1 unspecified atom stereocenters. The lowest BCUT2D eigenvalue weighted by atomic mass is 9.89. The van der Waals surface area contributed by atoms with Gasteiger partial charge < -0.3 is 10.8 Å². The molecule has 0 bridgehead atoms. The van der Waals surface area contributed by atoms with Crippen molar-refractivity contribution in [3.8, 4) is 5.75 Å². The third-order valence-corrected chi connectivity index (χ3v) is 3.82. The highest BCUT2D eigenvalue weighted by Crippen LogP contribution is 2.32. The first-order chi connectivity index (χ1) is 8.40. The Kier molecular flexibility index (Phi) is 3.50. The number of carbonyl (C=O) groups excluding carboxylic acids is 1. The van der Waals surface area contributed by atoms with Gasteiger partial charge in [-0.1, -0.05) is 11.6 Å². The number of carbonyl (C=O) groups is 1. The topological polar surface area (TPSA) is 66.6 Å². The zero-order chi connectivity index (χ0) is 13.3. The highest BCUT2D eigenvalue weighted by atomic mass is 35.5. The molecular weight excluding hydrogens is 252 g/mol. The third kappa shape index (κ3) is 2.60. The van der Waals surface area contributed by atoms with Crippen LogP contribution < -0.4 is 5.73 Å². The predicted octanol–water partition coefficient (Wildman–Crippen LogP) is 1.74. The van der Waals surface area contributed by atoms with Crippen LogP contribution in [0.5, 0.6) is 5.75 Å². The molecule has 0 aliphatic carbocycles. The molecule has 0 aromatic heterocycles. The SMILES string of the molecule is CC1(C(N)=O)CCN(Cc2cc(Cl)ccc2O)C1. The van der Waals surface area contributed by atoms with E-state index in [1.807, 2.05) is 6.92 Å². The Balaban J connectivity index is 2.08. The molecule has 1 heterocycles. The zero-order valence-electron chi connectivity index (χ0n) is 10.3. The van der Waals surface area contributed by atoms with E-state index in [0.717, 1.165) is 18.5 Å². The molecule has 1 aliphatic rings. The fourth-order valence-corrected chi connectivity index (χ4v) is 2.51. The summed E-state index contributed by atoms with van der Waals surface area (Å²) in [5.74, 6) is -0.0348. The van der Waals surface area contributed by atoms with Crippen molar-refractivity contribution in [1.29, 1.82) is 0 Å². The Labute approximate surface area is 111 Å². The normalized spacial score (nSPS) is 24.3. The molecule has 5 heteroatoms. The summed E-state index contributed by atoms with van der Waals surface area (Å²) in [5.41, 5.74) is 5.72. The number of nitrogens with two attached hydrogens (primary N) is 1. The van der Waals surface area contributed by atoms with Crippen molar-refractivity contribution in [1.82, 2.24) is 4.90 Å². The van der Waals surface area contributed by atoms with Crippen molar-refractivity contribution < 1.29 is 9.90 Å². The molecule has 1 saturated heterocycles. The number of halogens is 1. The van der Waals surface area contributed by atoms with E-state index >= 15 is 0 Å². The van der Waals surface area contributed by atoms with E-state index in [0.29, 0.717) is 18.1 Å². The van der Waals surface area contributed by atoms with Crippen LogP contribution >= 0.6 is 11.6 Å². The number of phenols is 1. The minimum Gasteiger partial charge on any atom is -0.508 e. The van der Waals surface area contributed by atoms with E-state index < -0.39 is 5.41 Å². The molecule has 1 amide bonds. The number of likely N-dealkylation sites (tertiary alicyclic amines) is 1. The average Bonchev–Trinajstić information content (AvgIpc) is 2.67. The summed E-state index contributed by atoms with van der Waals surface area (Å²) in [6.07, 6.45) is 0.754. The second-order valence-electron chi connectivity index (χ2n) is 5.16. The van der Waals surface area contributed by atoms with Gasteiger partial charge in [0, 0.05) is 23.7 Å². The summed E-state index contributed by atoms with van der Waals surface area (Å²) in [5, 5.41) is 10.4. The van der Waals surface area contributed by atoms with Crippen LogP contribution in [0.3, 0.4) is 0 Å². The van der Waals surface area contributed by atoms with Crippen molar-refractivity contribution in [2.75, 3.05) is 13.1 Å². The quantitative estimate of drug-likeness (QED) is 0.878. The standard InChI is InChI=1S/C13H17ClN2O2/c1-13(12(15)18)4-5-16(8-13)7-9-6-10(14)2-3-11(9)17/h2-3,6,17H,4-5,7-8H2,1H3,(H2,15,18). The summed E-state index contributed by atoms with van der Waals surface area (Å²) in [4.78, 5) is 13.5. The maximum atomic E-state index is 11.4. The molecule has 1 aromatic carbocycles. The second kappa shape index (κ2) is 4.78. The van der Waals surface area contributed by atoms with Crippen LogP contribution in [-0.4, -0.2) is 29.0 Å². The molecule has 18 heavy (non-hydrogen) atoms. The number of phenolic OH excluding ortho intramolecular Hbond substituents is 1. The molecule has 2 rings (SSSR count). The average molecular weight is 269 g/mol. The van der Waals surface area contributed by atoms with Crippen LogP contribution in [-0.2, 0) is 11.3 Å². The van der Waals surface area contributed by atoms with Gasteiger partial charge in [-0.3, -0.25) is 9.69 Å². The maximum absolute atomic E-state index is 11.4. The maximum Gasteiger partial charge on any atom is 0.224 e. The molecule has 3 N–H and O–H groups in total. The molecule has 0 radical (unpaired) electrons. The monoisotopic (exact) mass is 268 g/mol. The van der Waals surface area contributed by atoms with E-state index in [1.165, 1.54) is 0 Å². The number of nitrogens with zero attached hydrogens (tertiary/aromatic N) is 1. The Morgan fingerprint density at radius 2 is 2.33 bits per heavy atom. The van der Waals surface area contributed by atoms with Crippen LogP contribution in [0, 0.1) is 5.41 Å². The summed E-state index contributed by atoms with van der Waals surface area (Å²) >= 11 is 5.91. The molecule has 1 atom stereocenters. The van der Waals surface area contributed by atoms with Gasteiger partial charge in [-0.15, -0.1) is 0 Å². The van der Waals surface area contributed by atoms with E-state index in [2.05, 4.69) is 4.90 Å². The third-order valence-electron chi connectivity index (χ3n) is 3.58. The van der Waals surface area contributed by atoms with Gasteiger partial charge in [-0.25, -0.2) is 0 Å². The summed E-state index contributed by atoms with van der Waals surface area (Å²) in [7, 11) is 0. The van der Waals surface area contributed by atoms with E-state index in [9.17, 15) is 9.90 Å². The number of primary amides is 1. The zero-order valence-corrected chi connectivity index (χ0v) is 11.1. The van der Waals surface area contributed by atoms with E-state index in [1.54, 1.807) is 18.2 Å². The first-order valence-electron chi connectivity index (χ1n) is 5.90. The lowest BCUT2D eigenvalue weighted by molar-refractivity contribution is -0.126. The lowest BCUT2D eigenvalue weighted by Gasteiger charge is -2.21. The molecule has 98 valence electrons. The van der Waals surface area contributed by atoms with Crippen LogP contribution in [0.25, 0.3) is 0 Å². The van der Waals surface area contributed by atoms with Gasteiger partial charge in [0.25, 0.3) is 0 Å². The lowest BCUT2D eigenvalue weighted by Crippen LogP contribution is -2.36. The Morgan fingerprint density at radius 3 is 2.94 bits per heavy atom. The van der Waals surface area contributed by atoms with Crippen molar-refractivity contribution in [3.63, 3.8) is 0 Å². The number of aromatic hydroxyl groups is 1.